The summed E-state index contributed by atoms with van der Waals surface area (Å²) in [7, 11) is 0. The fourth-order valence-electron chi connectivity index (χ4n) is 2.90. The third-order valence-corrected chi connectivity index (χ3v) is 4.52. The van der Waals surface area contributed by atoms with Crippen molar-refractivity contribution >= 4 is 5.91 Å². The predicted molar refractivity (Wildman–Crippen MR) is 92.7 cm³/mol. The van der Waals surface area contributed by atoms with Crippen molar-refractivity contribution in [3.63, 3.8) is 0 Å². The summed E-state index contributed by atoms with van der Waals surface area (Å²) in [5.74, 6) is 0.648. The molecule has 1 N–H and O–H groups in total. The number of benzene rings is 1. The number of aromatic nitrogens is 2. The van der Waals surface area contributed by atoms with Gasteiger partial charge in [0.1, 0.15) is 0 Å². The fraction of sp³-hybridized carbons (Fsp3) is 0.500. The maximum atomic E-state index is 12.1. The van der Waals surface area contributed by atoms with Crippen molar-refractivity contribution < 1.29 is 14.1 Å². The molecule has 1 aliphatic rings. The molecule has 2 aromatic rings. The Morgan fingerprint density at radius 1 is 1.28 bits per heavy atom. The van der Waals surface area contributed by atoms with E-state index in [1.54, 1.807) is 0 Å². The van der Waals surface area contributed by atoms with Crippen LogP contribution in [0, 0.1) is 0 Å². The quantitative estimate of drug-likeness (QED) is 0.826. The lowest BCUT2D eigenvalue weighted by Crippen LogP contribution is -2.42. The van der Waals surface area contributed by atoms with Crippen LogP contribution in [0.2, 0.25) is 0 Å². The van der Waals surface area contributed by atoms with Crippen molar-refractivity contribution in [1.29, 1.82) is 0 Å². The van der Waals surface area contributed by atoms with Crippen LogP contribution in [0.3, 0.4) is 0 Å². The minimum absolute atomic E-state index is 0.0855. The fourth-order valence-corrected chi connectivity index (χ4v) is 2.90. The molecule has 3 rings (SSSR count). The van der Waals surface area contributed by atoms with Crippen molar-refractivity contribution in [1.82, 2.24) is 20.4 Å². The number of morpholine rings is 1. The second kappa shape index (κ2) is 8.73. The van der Waals surface area contributed by atoms with Crippen LogP contribution in [0.25, 0.3) is 11.4 Å². The van der Waals surface area contributed by atoms with Gasteiger partial charge in [-0.1, -0.05) is 29.4 Å². The van der Waals surface area contributed by atoms with Gasteiger partial charge in [0.25, 0.3) is 0 Å². The lowest BCUT2D eigenvalue weighted by Gasteiger charge is -2.32. The first-order valence-corrected chi connectivity index (χ1v) is 8.66. The highest BCUT2D eigenvalue weighted by Gasteiger charge is 2.17. The number of ether oxygens (including phenoxy) is 1. The molecule has 7 nitrogen and oxygen atoms in total. The molecule has 1 amide bonds. The molecule has 0 unspecified atom stereocenters. The van der Waals surface area contributed by atoms with E-state index in [0.717, 1.165) is 43.9 Å². The highest BCUT2D eigenvalue weighted by atomic mass is 16.5. The van der Waals surface area contributed by atoms with E-state index in [-0.39, 0.29) is 5.91 Å². The third-order valence-electron chi connectivity index (χ3n) is 4.52. The van der Waals surface area contributed by atoms with Gasteiger partial charge in [0.15, 0.2) is 0 Å². The molecule has 1 atom stereocenters. The Balaban J connectivity index is 1.39. The van der Waals surface area contributed by atoms with E-state index in [1.807, 2.05) is 24.3 Å². The lowest BCUT2D eigenvalue weighted by atomic mass is 10.1. The Labute approximate surface area is 147 Å². The van der Waals surface area contributed by atoms with Crippen LogP contribution in [0.1, 0.15) is 25.3 Å². The van der Waals surface area contributed by atoms with Crippen LogP contribution in [0.15, 0.2) is 35.2 Å². The lowest BCUT2D eigenvalue weighted by molar-refractivity contribution is -0.121. The van der Waals surface area contributed by atoms with E-state index in [1.165, 1.54) is 6.39 Å². The Hall–Kier alpha value is -2.25. The standard InChI is InChI=1S/C18H24N4O3/c1-14(22-8-10-24-11-9-22)2-7-17(23)19-12-15-3-5-16(6-4-15)18-20-13-25-21-18/h3-6,13-14H,2,7-12H2,1H3,(H,19,23)/t14-/m0/s1. The van der Waals surface area contributed by atoms with Gasteiger partial charge in [-0.05, 0) is 18.9 Å². The average molecular weight is 344 g/mol. The van der Waals surface area contributed by atoms with Gasteiger partial charge in [-0.25, -0.2) is 0 Å². The van der Waals surface area contributed by atoms with E-state index < -0.39 is 0 Å². The van der Waals surface area contributed by atoms with Gasteiger partial charge < -0.3 is 14.6 Å². The maximum absolute atomic E-state index is 12.1. The first-order chi connectivity index (χ1) is 12.2. The van der Waals surface area contributed by atoms with Crippen molar-refractivity contribution in [3.05, 3.63) is 36.2 Å². The smallest absolute Gasteiger partial charge is 0.220 e. The summed E-state index contributed by atoms with van der Waals surface area (Å²) in [4.78, 5) is 18.5. The maximum Gasteiger partial charge on any atom is 0.220 e. The van der Waals surface area contributed by atoms with Gasteiger partial charge in [0, 0.05) is 37.7 Å². The molecule has 0 spiro atoms. The molecule has 0 radical (unpaired) electrons. The summed E-state index contributed by atoms with van der Waals surface area (Å²) in [6.07, 6.45) is 2.71. The van der Waals surface area contributed by atoms with E-state index in [4.69, 9.17) is 9.26 Å². The second-order valence-corrected chi connectivity index (χ2v) is 6.26. The zero-order chi connectivity index (χ0) is 17.5. The van der Waals surface area contributed by atoms with Crippen molar-refractivity contribution in [3.8, 4) is 11.4 Å². The summed E-state index contributed by atoms with van der Waals surface area (Å²) in [5, 5.41) is 6.78. The van der Waals surface area contributed by atoms with Crippen molar-refractivity contribution in [2.75, 3.05) is 26.3 Å². The largest absolute Gasteiger partial charge is 0.379 e. The molecular weight excluding hydrogens is 320 g/mol. The first-order valence-electron chi connectivity index (χ1n) is 8.66. The van der Waals surface area contributed by atoms with Gasteiger partial charge in [0.2, 0.25) is 18.1 Å². The van der Waals surface area contributed by atoms with Crippen LogP contribution in [0.4, 0.5) is 0 Å². The topological polar surface area (TPSA) is 80.5 Å². The molecule has 0 bridgehead atoms. The number of rotatable bonds is 7. The predicted octanol–water partition coefficient (Wildman–Crippen LogP) is 1.85. The van der Waals surface area contributed by atoms with E-state index >= 15 is 0 Å². The molecule has 1 aromatic carbocycles. The van der Waals surface area contributed by atoms with Crippen LogP contribution < -0.4 is 5.32 Å². The van der Waals surface area contributed by atoms with E-state index in [9.17, 15) is 4.79 Å². The number of carbonyl (C=O) groups excluding carboxylic acids is 1. The molecule has 25 heavy (non-hydrogen) atoms. The Morgan fingerprint density at radius 3 is 2.72 bits per heavy atom. The highest BCUT2D eigenvalue weighted by molar-refractivity contribution is 5.75. The minimum atomic E-state index is 0.0855. The second-order valence-electron chi connectivity index (χ2n) is 6.26. The molecule has 0 aliphatic carbocycles. The molecular formula is C18H24N4O3. The third kappa shape index (κ3) is 5.11. The zero-order valence-electron chi connectivity index (χ0n) is 14.5. The number of carbonyl (C=O) groups is 1. The zero-order valence-corrected chi connectivity index (χ0v) is 14.5. The van der Waals surface area contributed by atoms with Crippen molar-refractivity contribution in [2.45, 2.75) is 32.4 Å². The molecule has 7 heteroatoms. The molecule has 1 saturated heterocycles. The normalized spacial score (nSPS) is 16.5. The number of amides is 1. The number of nitrogens with one attached hydrogen (secondary N) is 1. The molecule has 1 aromatic heterocycles. The van der Waals surface area contributed by atoms with Crippen LogP contribution >= 0.6 is 0 Å². The Kier molecular flexibility index (Phi) is 6.14. The average Bonchev–Trinajstić information content (AvgIpc) is 3.20. The molecule has 1 fully saturated rings. The minimum Gasteiger partial charge on any atom is -0.379 e. The summed E-state index contributed by atoms with van der Waals surface area (Å²) in [6, 6.07) is 8.17. The van der Waals surface area contributed by atoms with Gasteiger partial charge in [-0.3, -0.25) is 9.69 Å². The first kappa shape index (κ1) is 17.6. The van der Waals surface area contributed by atoms with E-state index in [0.29, 0.717) is 24.8 Å². The summed E-state index contributed by atoms with van der Waals surface area (Å²) in [5.41, 5.74) is 1.94. The summed E-state index contributed by atoms with van der Waals surface area (Å²) in [6.45, 7) is 6.18. The summed E-state index contributed by atoms with van der Waals surface area (Å²) < 4.78 is 10.1. The Bertz CT molecular complexity index is 651. The van der Waals surface area contributed by atoms with Gasteiger partial charge in [-0.15, -0.1) is 0 Å². The van der Waals surface area contributed by atoms with Gasteiger partial charge >= 0.3 is 0 Å². The number of hydrogen-bond donors (Lipinski definition) is 1. The number of hydrogen-bond acceptors (Lipinski definition) is 6. The Morgan fingerprint density at radius 2 is 2.04 bits per heavy atom. The van der Waals surface area contributed by atoms with Crippen LogP contribution in [-0.2, 0) is 16.1 Å². The van der Waals surface area contributed by atoms with Crippen LogP contribution in [-0.4, -0.2) is 53.3 Å². The van der Waals surface area contributed by atoms with E-state index in [2.05, 4.69) is 27.3 Å². The molecule has 134 valence electrons. The SMILES string of the molecule is C[C@@H](CCC(=O)NCc1ccc(-c2ncon2)cc1)N1CCOCC1. The number of nitrogens with zero attached hydrogens (tertiary/aromatic N) is 3. The monoisotopic (exact) mass is 344 g/mol. The summed E-state index contributed by atoms with van der Waals surface area (Å²) >= 11 is 0. The molecule has 1 aliphatic heterocycles. The van der Waals surface area contributed by atoms with Gasteiger partial charge in [0.05, 0.1) is 13.2 Å². The molecule has 2 heterocycles. The molecule has 0 saturated carbocycles. The van der Waals surface area contributed by atoms with Gasteiger partial charge in [-0.2, -0.15) is 4.98 Å². The van der Waals surface area contributed by atoms with Crippen LogP contribution in [0.5, 0.6) is 0 Å². The highest BCUT2D eigenvalue weighted by Crippen LogP contribution is 2.15. The van der Waals surface area contributed by atoms with Crippen molar-refractivity contribution in [2.24, 2.45) is 0 Å².